The van der Waals surface area contributed by atoms with Gasteiger partial charge >= 0.3 is 0 Å². The van der Waals surface area contributed by atoms with E-state index >= 15 is 0 Å². The first-order chi connectivity index (χ1) is 11.6. The van der Waals surface area contributed by atoms with Gasteiger partial charge in [0.05, 0.1) is 5.97 Å². The monoisotopic (exact) mass is 323 g/mol. The van der Waals surface area contributed by atoms with E-state index in [-0.39, 0.29) is 17.0 Å². The number of piperazine rings is 1. The maximum Gasteiger partial charge on any atom is 0.254 e. The Bertz CT molecular complexity index is 765. The highest BCUT2D eigenvalue weighted by Crippen LogP contribution is 2.19. The number of rotatable bonds is 3. The number of nitrogens with zero attached hydrogens (tertiary/aromatic N) is 2. The van der Waals surface area contributed by atoms with Crippen LogP contribution < -0.4 is 10.0 Å². The molecule has 0 unspecified atom stereocenters. The van der Waals surface area contributed by atoms with Crippen molar-refractivity contribution in [3.05, 3.63) is 65.2 Å². The SMILES string of the molecule is Cc1cccc(N2CCN(C(=O)c3ccccc3C(=O)[O-])CC2)c1. The van der Waals surface area contributed by atoms with Crippen LogP contribution in [0.1, 0.15) is 26.3 Å². The molecular weight excluding hydrogens is 304 g/mol. The fraction of sp³-hybridized carbons (Fsp3) is 0.263. The number of carboxylic acid groups (broad SMARTS) is 1. The van der Waals surface area contributed by atoms with Gasteiger partial charge < -0.3 is 19.7 Å². The molecule has 0 aliphatic carbocycles. The van der Waals surface area contributed by atoms with Crippen LogP contribution in [0.5, 0.6) is 0 Å². The first-order valence-electron chi connectivity index (χ1n) is 7.97. The summed E-state index contributed by atoms with van der Waals surface area (Å²) in [5, 5.41) is 11.2. The van der Waals surface area contributed by atoms with Gasteiger partial charge in [-0.1, -0.05) is 30.3 Å². The average Bonchev–Trinajstić information content (AvgIpc) is 2.61. The molecule has 5 heteroatoms. The van der Waals surface area contributed by atoms with Gasteiger partial charge in [0, 0.05) is 43.0 Å². The Hall–Kier alpha value is -2.82. The second-order valence-corrected chi connectivity index (χ2v) is 5.95. The van der Waals surface area contributed by atoms with E-state index in [0.29, 0.717) is 13.1 Å². The zero-order chi connectivity index (χ0) is 17.1. The van der Waals surface area contributed by atoms with Crippen molar-refractivity contribution in [3.8, 4) is 0 Å². The second kappa shape index (κ2) is 6.74. The molecule has 0 atom stereocenters. The number of aromatic carboxylic acids is 1. The third-order valence-corrected chi connectivity index (χ3v) is 4.31. The van der Waals surface area contributed by atoms with Crippen molar-refractivity contribution >= 4 is 17.6 Å². The van der Waals surface area contributed by atoms with E-state index in [0.717, 1.165) is 18.8 Å². The van der Waals surface area contributed by atoms with E-state index in [9.17, 15) is 14.7 Å². The Balaban J connectivity index is 1.71. The van der Waals surface area contributed by atoms with Crippen LogP contribution in [0.4, 0.5) is 5.69 Å². The standard InChI is InChI=1S/C19H20N2O3/c1-14-5-4-6-15(13-14)20-9-11-21(12-10-20)18(22)16-7-2-3-8-17(16)19(23)24/h2-8,13H,9-12H2,1H3,(H,23,24)/p-1. The maximum atomic E-state index is 12.6. The first-order valence-corrected chi connectivity index (χ1v) is 7.97. The molecular formula is C19H19N2O3-. The number of aryl methyl sites for hydroxylation is 1. The summed E-state index contributed by atoms with van der Waals surface area (Å²) in [4.78, 5) is 27.8. The zero-order valence-electron chi connectivity index (χ0n) is 13.6. The van der Waals surface area contributed by atoms with Gasteiger partial charge in [0.1, 0.15) is 0 Å². The van der Waals surface area contributed by atoms with Gasteiger partial charge in [0.15, 0.2) is 0 Å². The minimum absolute atomic E-state index is 0.0522. The third kappa shape index (κ3) is 3.25. The Labute approximate surface area is 141 Å². The summed E-state index contributed by atoms with van der Waals surface area (Å²) in [6.07, 6.45) is 0. The lowest BCUT2D eigenvalue weighted by molar-refractivity contribution is -0.255. The molecule has 0 bridgehead atoms. The van der Waals surface area contributed by atoms with Crippen LogP contribution in [-0.4, -0.2) is 43.0 Å². The Morgan fingerprint density at radius 2 is 1.58 bits per heavy atom. The van der Waals surface area contributed by atoms with Crippen LogP contribution in [0.15, 0.2) is 48.5 Å². The highest BCUT2D eigenvalue weighted by molar-refractivity contribution is 6.04. The molecule has 1 amide bonds. The van der Waals surface area contributed by atoms with E-state index in [1.165, 1.54) is 11.6 Å². The van der Waals surface area contributed by atoms with Crippen LogP contribution in [0.3, 0.4) is 0 Å². The van der Waals surface area contributed by atoms with Crippen molar-refractivity contribution < 1.29 is 14.7 Å². The molecule has 2 aromatic carbocycles. The molecule has 3 rings (SSSR count). The molecule has 0 radical (unpaired) electrons. The molecule has 1 saturated heterocycles. The molecule has 0 spiro atoms. The van der Waals surface area contributed by atoms with Crippen molar-refractivity contribution in [2.24, 2.45) is 0 Å². The number of anilines is 1. The number of benzene rings is 2. The normalized spacial score (nSPS) is 14.5. The topological polar surface area (TPSA) is 63.7 Å². The van der Waals surface area contributed by atoms with Gasteiger partial charge in [-0.15, -0.1) is 0 Å². The molecule has 1 aliphatic rings. The molecule has 124 valence electrons. The molecule has 1 heterocycles. The summed E-state index contributed by atoms with van der Waals surface area (Å²) in [6.45, 7) is 4.63. The summed E-state index contributed by atoms with van der Waals surface area (Å²) in [7, 11) is 0. The van der Waals surface area contributed by atoms with Crippen LogP contribution in [-0.2, 0) is 0 Å². The fourth-order valence-corrected chi connectivity index (χ4v) is 3.01. The number of hydrogen-bond donors (Lipinski definition) is 0. The van der Waals surface area contributed by atoms with Crippen molar-refractivity contribution in [1.29, 1.82) is 0 Å². The highest BCUT2D eigenvalue weighted by atomic mass is 16.4. The van der Waals surface area contributed by atoms with Gasteiger partial charge in [-0.05, 0) is 30.7 Å². The number of carbonyl (C=O) groups excluding carboxylic acids is 2. The number of hydrogen-bond acceptors (Lipinski definition) is 4. The largest absolute Gasteiger partial charge is 0.545 e. The molecule has 24 heavy (non-hydrogen) atoms. The summed E-state index contributed by atoms with van der Waals surface area (Å²) < 4.78 is 0. The number of carbonyl (C=O) groups is 2. The predicted octanol–water partition coefficient (Wildman–Crippen LogP) is 1.32. The quantitative estimate of drug-likeness (QED) is 0.855. The van der Waals surface area contributed by atoms with E-state index in [2.05, 4.69) is 30.0 Å². The summed E-state index contributed by atoms with van der Waals surface area (Å²) in [5.41, 5.74) is 2.50. The van der Waals surface area contributed by atoms with Gasteiger partial charge in [-0.2, -0.15) is 0 Å². The van der Waals surface area contributed by atoms with E-state index < -0.39 is 5.97 Å². The maximum absolute atomic E-state index is 12.6. The summed E-state index contributed by atoms with van der Waals surface area (Å²) in [6, 6.07) is 14.5. The van der Waals surface area contributed by atoms with Crippen LogP contribution >= 0.6 is 0 Å². The molecule has 1 aliphatic heterocycles. The van der Waals surface area contributed by atoms with Gasteiger partial charge in [-0.3, -0.25) is 4.79 Å². The Morgan fingerprint density at radius 1 is 0.917 bits per heavy atom. The van der Waals surface area contributed by atoms with Crippen molar-refractivity contribution in [2.45, 2.75) is 6.92 Å². The zero-order valence-corrected chi connectivity index (χ0v) is 13.6. The Morgan fingerprint density at radius 3 is 2.21 bits per heavy atom. The van der Waals surface area contributed by atoms with Crippen LogP contribution in [0.25, 0.3) is 0 Å². The molecule has 0 aromatic heterocycles. The molecule has 5 nitrogen and oxygen atoms in total. The van der Waals surface area contributed by atoms with Gasteiger partial charge in [0.2, 0.25) is 0 Å². The third-order valence-electron chi connectivity index (χ3n) is 4.31. The average molecular weight is 323 g/mol. The summed E-state index contributed by atoms with van der Waals surface area (Å²) in [5.74, 6) is -1.57. The van der Waals surface area contributed by atoms with Crippen LogP contribution in [0, 0.1) is 6.92 Å². The van der Waals surface area contributed by atoms with Gasteiger partial charge in [-0.25, -0.2) is 0 Å². The molecule has 1 fully saturated rings. The first kappa shape index (κ1) is 16.1. The van der Waals surface area contributed by atoms with Crippen molar-refractivity contribution in [2.75, 3.05) is 31.1 Å². The smallest absolute Gasteiger partial charge is 0.254 e. The lowest BCUT2D eigenvalue weighted by Crippen LogP contribution is -2.49. The van der Waals surface area contributed by atoms with E-state index in [1.807, 2.05) is 6.07 Å². The predicted molar refractivity (Wildman–Crippen MR) is 90.1 cm³/mol. The minimum Gasteiger partial charge on any atom is -0.545 e. The van der Waals surface area contributed by atoms with E-state index in [1.54, 1.807) is 23.1 Å². The lowest BCUT2D eigenvalue weighted by Gasteiger charge is -2.36. The molecule has 2 aromatic rings. The number of amides is 1. The fourth-order valence-electron chi connectivity index (χ4n) is 3.01. The highest BCUT2D eigenvalue weighted by Gasteiger charge is 2.24. The van der Waals surface area contributed by atoms with Crippen molar-refractivity contribution in [1.82, 2.24) is 4.90 Å². The molecule has 0 N–H and O–H groups in total. The number of carboxylic acids is 1. The lowest BCUT2D eigenvalue weighted by atomic mass is 10.1. The second-order valence-electron chi connectivity index (χ2n) is 5.95. The van der Waals surface area contributed by atoms with Crippen LogP contribution in [0.2, 0.25) is 0 Å². The van der Waals surface area contributed by atoms with Gasteiger partial charge in [0.25, 0.3) is 5.91 Å². The summed E-state index contributed by atoms with van der Waals surface area (Å²) >= 11 is 0. The minimum atomic E-state index is -1.32. The molecule has 0 saturated carbocycles. The van der Waals surface area contributed by atoms with E-state index in [4.69, 9.17) is 0 Å². The van der Waals surface area contributed by atoms with Crippen molar-refractivity contribution in [3.63, 3.8) is 0 Å². The Kier molecular flexibility index (Phi) is 4.51.